The smallest absolute Gasteiger partial charge is 0.317 e. The molecule has 1 aromatic heterocycles. The minimum absolute atomic E-state index is 0.0211. The van der Waals surface area contributed by atoms with Gasteiger partial charge in [0.1, 0.15) is 5.75 Å². The van der Waals surface area contributed by atoms with Gasteiger partial charge in [-0.05, 0) is 44.4 Å². The average molecular weight is 342 g/mol. The first-order valence-corrected chi connectivity index (χ1v) is 8.91. The monoisotopic (exact) mass is 342 g/mol. The summed E-state index contributed by atoms with van der Waals surface area (Å²) in [4.78, 5) is 14.5. The number of nitrogens with zero attached hydrogens (tertiary/aromatic N) is 2. The molecular weight excluding hydrogens is 316 g/mol. The van der Waals surface area contributed by atoms with Crippen molar-refractivity contribution in [2.45, 2.75) is 39.2 Å². The Hall–Kier alpha value is -2.50. The molecule has 134 valence electrons. The lowest BCUT2D eigenvalue weighted by molar-refractivity contribution is 0.178. The molecule has 0 radical (unpaired) electrons. The SMILES string of the molecule is CCOc1cc(C)ccc1CNC(=O)N1CCC[C@@H](c2ccn[nH]2)C1. The molecule has 0 spiro atoms. The van der Waals surface area contributed by atoms with E-state index in [1.165, 1.54) is 0 Å². The third-order valence-corrected chi connectivity index (χ3v) is 4.62. The molecule has 1 aliphatic heterocycles. The number of hydrogen-bond acceptors (Lipinski definition) is 3. The van der Waals surface area contributed by atoms with Crippen molar-refractivity contribution in [3.05, 3.63) is 47.3 Å². The Balaban J connectivity index is 1.59. The minimum atomic E-state index is -0.0211. The first-order valence-electron chi connectivity index (χ1n) is 8.91. The maximum absolute atomic E-state index is 12.6. The lowest BCUT2D eigenvalue weighted by Gasteiger charge is -2.32. The van der Waals surface area contributed by atoms with Crippen LogP contribution in [0.5, 0.6) is 5.75 Å². The van der Waals surface area contributed by atoms with Crippen molar-refractivity contribution < 1.29 is 9.53 Å². The number of carbonyl (C=O) groups excluding carboxylic acids is 1. The zero-order valence-electron chi connectivity index (χ0n) is 14.9. The van der Waals surface area contributed by atoms with Gasteiger partial charge in [-0.15, -0.1) is 0 Å². The molecule has 1 aliphatic rings. The van der Waals surface area contributed by atoms with E-state index in [1.54, 1.807) is 6.20 Å². The molecule has 6 heteroatoms. The number of aromatic nitrogens is 2. The Morgan fingerprint density at radius 2 is 2.32 bits per heavy atom. The van der Waals surface area contributed by atoms with Crippen LogP contribution >= 0.6 is 0 Å². The van der Waals surface area contributed by atoms with Crippen molar-refractivity contribution in [2.24, 2.45) is 0 Å². The number of amides is 2. The molecule has 1 saturated heterocycles. The maximum atomic E-state index is 12.6. The normalized spacial score (nSPS) is 17.4. The molecule has 1 fully saturated rings. The van der Waals surface area contributed by atoms with Crippen LogP contribution in [0.3, 0.4) is 0 Å². The molecule has 25 heavy (non-hydrogen) atoms. The Morgan fingerprint density at radius 3 is 3.08 bits per heavy atom. The lowest BCUT2D eigenvalue weighted by Crippen LogP contribution is -2.44. The van der Waals surface area contributed by atoms with Gasteiger partial charge in [-0.25, -0.2) is 4.79 Å². The van der Waals surface area contributed by atoms with Crippen LogP contribution in [0.25, 0.3) is 0 Å². The second-order valence-electron chi connectivity index (χ2n) is 6.50. The highest BCUT2D eigenvalue weighted by molar-refractivity contribution is 5.74. The molecule has 0 saturated carbocycles. The number of hydrogen-bond donors (Lipinski definition) is 2. The number of carbonyl (C=O) groups is 1. The molecule has 2 amide bonds. The summed E-state index contributed by atoms with van der Waals surface area (Å²) in [6.07, 6.45) is 3.85. The molecule has 2 N–H and O–H groups in total. The molecule has 0 bridgehead atoms. The molecule has 2 heterocycles. The van der Waals surface area contributed by atoms with Crippen LogP contribution in [0.4, 0.5) is 4.79 Å². The topological polar surface area (TPSA) is 70.2 Å². The van der Waals surface area contributed by atoms with Gasteiger partial charge in [-0.1, -0.05) is 12.1 Å². The van der Waals surface area contributed by atoms with Crippen LogP contribution in [-0.4, -0.2) is 40.8 Å². The molecular formula is C19H26N4O2. The van der Waals surface area contributed by atoms with Gasteiger partial charge in [-0.2, -0.15) is 5.10 Å². The van der Waals surface area contributed by atoms with Crippen molar-refractivity contribution in [3.8, 4) is 5.75 Å². The molecule has 3 rings (SSSR count). The van der Waals surface area contributed by atoms with Crippen LogP contribution in [0.15, 0.2) is 30.5 Å². The zero-order chi connectivity index (χ0) is 17.6. The Bertz CT molecular complexity index is 699. The number of ether oxygens (including phenoxy) is 1. The third-order valence-electron chi connectivity index (χ3n) is 4.62. The number of likely N-dealkylation sites (tertiary alicyclic amines) is 1. The first kappa shape index (κ1) is 17.3. The summed E-state index contributed by atoms with van der Waals surface area (Å²) in [5.41, 5.74) is 3.26. The summed E-state index contributed by atoms with van der Waals surface area (Å²) < 4.78 is 5.69. The van der Waals surface area contributed by atoms with E-state index in [0.29, 0.717) is 19.1 Å². The quantitative estimate of drug-likeness (QED) is 0.876. The van der Waals surface area contributed by atoms with Gasteiger partial charge < -0.3 is 15.0 Å². The van der Waals surface area contributed by atoms with Gasteiger partial charge in [0.25, 0.3) is 0 Å². The predicted molar refractivity (Wildman–Crippen MR) is 96.7 cm³/mol. The van der Waals surface area contributed by atoms with Crippen LogP contribution in [0, 0.1) is 6.92 Å². The van der Waals surface area contributed by atoms with Crippen molar-refractivity contribution in [1.29, 1.82) is 0 Å². The van der Waals surface area contributed by atoms with E-state index in [-0.39, 0.29) is 6.03 Å². The largest absolute Gasteiger partial charge is 0.494 e. The van der Waals surface area contributed by atoms with E-state index in [4.69, 9.17) is 4.74 Å². The Morgan fingerprint density at radius 1 is 1.44 bits per heavy atom. The fourth-order valence-corrected chi connectivity index (χ4v) is 3.29. The fourth-order valence-electron chi connectivity index (χ4n) is 3.29. The summed E-state index contributed by atoms with van der Waals surface area (Å²) in [5, 5.41) is 10.1. The molecule has 6 nitrogen and oxygen atoms in total. The van der Waals surface area contributed by atoms with Crippen molar-refractivity contribution in [3.63, 3.8) is 0 Å². The van der Waals surface area contributed by atoms with Gasteiger partial charge in [0.05, 0.1) is 6.61 Å². The van der Waals surface area contributed by atoms with Gasteiger partial charge in [-0.3, -0.25) is 5.10 Å². The van der Waals surface area contributed by atoms with E-state index in [9.17, 15) is 4.79 Å². The molecule has 0 unspecified atom stereocenters. The number of rotatable bonds is 5. The standard InChI is InChI=1S/C19H26N4O2/c1-3-25-18-11-14(2)6-7-15(18)12-20-19(24)23-10-4-5-16(13-23)17-8-9-21-22-17/h6-9,11,16H,3-5,10,12-13H2,1-2H3,(H,20,24)(H,21,22)/t16-/m1/s1. The summed E-state index contributed by atoms with van der Waals surface area (Å²) in [7, 11) is 0. The van der Waals surface area contributed by atoms with E-state index in [1.807, 2.05) is 43.0 Å². The number of aryl methyl sites for hydroxylation is 1. The highest BCUT2D eigenvalue weighted by Crippen LogP contribution is 2.25. The maximum Gasteiger partial charge on any atom is 0.317 e. The second-order valence-corrected chi connectivity index (χ2v) is 6.50. The summed E-state index contributed by atoms with van der Waals surface area (Å²) >= 11 is 0. The van der Waals surface area contributed by atoms with Gasteiger partial charge in [0, 0.05) is 43.0 Å². The zero-order valence-corrected chi connectivity index (χ0v) is 14.9. The van der Waals surface area contributed by atoms with E-state index < -0.39 is 0 Å². The van der Waals surface area contributed by atoms with Crippen LogP contribution in [-0.2, 0) is 6.54 Å². The van der Waals surface area contributed by atoms with Gasteiger partial charge >= 0.3 is 6.03 Å². The molecule has 1 aromatic carbocycles. The number of H-pyrrole nitrogens is 1. The highest BCUT2D eigenvalue weighted by atomic mass is 16.5. The van der Waals surface area contributed by atoms with Crippen molar-refractivity contribution in [2.75, 3.05) is 19.7 Å². The molecule has 0 aliphatic carbocycles. The number of nitrogens with one attached hydrogen (secondary N) is 2. The van der Waals surface area contributed by atoms with E-state index >= 15 is 0 Å². The lowest BCUT2D eigenvalue weighted by atomic mass is 9.95. The Kier molecular flexibility index (Phi) is 5.58. The van der Waals surface area contributed by atoms with Crippen molar-refractivity contribution in [1.82, 2.24) is 20.4 Å². The van der Waals surface area contributed by atoms with Crippen LogP contribution in [0.1, 0.15) is 42.5 Å². The van der Waals surface area contributed by atoms with Crippen LogP contribution < -0.4 is 10.1 Å². The van der Waals surface area contributed by atoms with Gasteiger partial charge in [0.2, 0.25) is 0 Å². The third kappa shape index (κ3) is 4.32. The molecule has 2 aromatic rings. The van der Waals surface area contributed by atoms with Crippen molar-refractivity contribution >= 4 is 6.03 Å². The van der Waals surface area contributed by atoms with Crippen LogP contribution in [0.2, 0.25) is 0 Å². The fraction of sp³-hybridized carbons (Fsp3) is 0.474. The Labute approximate surface area is 148 Å². The number of urea groups is 1. The van der Waals surface area contributed by atoms with E-state index in [2.05, 4.69) is 15.5 Å². The van der Waals surface area contributed by atoms with Gasteiger partial charge in [0.15, 0.2) is 0 Å². The average Bonchev–Trinajstić information content (AvgIpc) is 3.16. The molecule has 1 atom stereocenters. The predicted octanol–water partition coefficient (Wildman–Crippen LogP) is 3.21. The first-order chi connectivity index (χ1) is 12.2. The number of aromatic amines is 1. The minimum Gasteiger partial charge on any atom is -0.494 e. The number of benzene rings is 1. The highest BCUT2D eigenvalue weighted by Gasteiger charge is 2.25. The number of piperidine rings is 1. The summed E-state index contributed by atoms with van der Waals surface area (Å²) in [6, 6.07) is 8.04. The second kappa shape index (κ2) is 8.05. The summed E-state index contributed by atoms with van der Waals surface area (Å²) in [5.74, 6) is 1.18. The van der Waals surface area contributed by atoms with E-state index in [0.717, 1.165) is 48.5 Å². The summed E-state index contributed by atoms with van der Waals surface area (Å²) in [6.45, 7) is 6.60.